The molecule has 0 amide bonds. The maximum atomic E-state index is 13.3. The number of nitrogens with zero attached hydrogens (tertiary/aromatic N) is 1. The van der Waals surface area contributed by atoms with E-state index >= 15 is 0 Å². The lowest BCUT2D eigenvalue weighted by atomic mass is 10.1. The Balaban J connectivity index is 2.68. The van der Waals surface area contributed by atoms with Crippen molar-refractivity contribution in [3.05, 3.63) is 44.4 Å². The maximum absolute atomic E-state index is 13.3. The van der Waals surface area contributed by atoms with Crippen molar-refractivity contribution in [3.8, 4) is 11.4 Å². The highest BCUT2D eigenvalue weighted by Gasteiger charge is 2.09. The number of rotatable bonds is 2. The number of aryl methyl sites for hydroxylation is 1. The van der Waals surface area contributed by atoms with Crippen LogP contribution in [0.5, 0.6) is 0 Å². The Morgan fingerprint density at radius 1 is 1.44 bits per heavy atom. The molecule has 18 heavy (non-hydrogen) atoms. The molecule has 1 aromatic carbocycles. The van der Waals surface area contributed by atoms with Crippen molar-refractivity contribution in [2.24, 2.45) is 0 Å². The zero-order chi connectivity index (χ0) is 13.3. The lowest BCUT2D eigenvalue weighted by molar-refractivity contribution is 0.628. The Bertz CT molecular complexity index is 652. The summed E-state index contributed by atoms with van der Waals surface area (Å²) in [6.45, 7) is 3.98. The number of aromatic amines is 1. The quantitative estimate of drug-likeness (QED) is 0.818. The molecule has 0 atom stereocenters. The summed E-state index contributed by atoms with van der Waals surface area (Å²) in [4.78, 5) is 7.53. The third-order valence-corrected chi connectivity index (χ3v) is 3.88. The van der Waals surface area contributed by atoms with E-state index < -0.39 is 0 Å². The molecule has 1 aromatic heterocycles. The van der Waals surface area contributed by atoms with E-state index in [1.165, 1.54) is 12.1 Å². The Morgan fingerprint density at radius 3 is 2.83 bits per heavy atom. The van der Waals surface area contributed by atoms with E-state index in [1.54, 1.807) is 6.07 Å². The molecule has 2 nitrogen and oxygen atoms in total. The summed E-state index contributed by atoms with van der Waals surface area (Å²) < 4.78 is 14.6. The van der Waals surface area contributed by atoms with Crippen molar-refractivity contribution >= 4 is 28.1 Å². The number of nitrogens with one attached hydrogen (secondary N) is 1. The summed E-state index contributed by atoms with van der Waals surface area (Å²) in [5.41, 5.74) is 2.68. The second-order valence-corrected chi connectivity index (χ2v) is 5.21. The molecule has 2 aromatic rings. The molecule has 1 N–H and O–H groups in total. The van der Waals surface area contributed by atoms with Crippen LogP contribution in [-0.2, 0) is 6.42 Å². The molecule has 0 aliphatic carbocycles. The van der Waals surface area contributed by atoms with Crippen molar-refractivity contribution in [1.29, 1.82) is 0 Å². The average molecular weight is 327 g/mol. The molecule has 0 aliphatic rings. The number of benzene rings is 1. The maximum Gasteiger partial charge on any atom is 0.140 e. The molecule has 0 aliphatic heterocycles. The Kier molecular flexibility index (Phi) is 3.92. The molecule has 1 heterocycles. The fourth-order valence-corrected chi connectivity index (χ4v) is 2.39. The van der Waals surface area contributed by atoms with E-state index in [4.69, 9.17) is 12.2 Å². The van der Waals surface area contributed by atoms with Gasteiger partial charge in [-0.2, -0.15) is 0 Å². The number of hydrogen-bond donors (Lipinski definition) is 1. The van der Waals surface area contributed by atoms with Crippen molar-refractivity contribution in [1.82, 2.24) is 9.97 Å². The molecule has 0 unspecified atom stereocenters. The fourth-order valence-electron chi connectivity index (χ4n) is 1.74. The van der Waals surface area contributed by atoms with Crippen LogP contribution in [0.3, 0.4) is 0 Å². The Labute approximate surface area is 118 Å². The Morgan fingerprint density at radius 2 is 2.17 bits per heavy atom. The van der Waals surface area contributed by atoms with Crippen LogP contribution in [0.25, 0.3) is 11.4 Å². The normalized spacial score (nSPS) is 10.7. The summed E-state index contributed by atoms with van der Waals surface area (Å²) in [6.07, 6.45) is 0.831. The standard InChI is InChI=1S/C13H12BrFN2S/c1-3-11-7(2)13(18)17-12(16-11)9-6-8(15)4-5-10(9)14/h4-6H,3H2,1-2H3,(H,16,17,18). The molecule has 5 heteroatoms. The summed E-state index contributed by atoms with van der Waals surface area (Å²) in [5, 5.41) is 0. The first-order chi connectivity index (χ1) is 8.52. The first-order valence-electron chi connectivity index (χ1n) is 5.58. The lowest BCUT2D eigenvalue weighted by Gasteiger charge is -2.09. The van der Waals surface area contributed by atoms with Crippen molar-refractivity contribution in [2.75, 3.05) is 0 Å². The highest BCUT2D eigenvalue weighted by Crippen LogP contribution is 2.27. The van der Waals surface area contributed by atoms with Crippen LogP contribution in [0.4, 0.5) is 4.39 Å². The minimum absolute atomic E-state index is 0.298. The van der Waals surface area contributed by atoms with Gasteiger partial charge in [0.05, 0.1) is 0 Å². The minimum Gasteiger partial charge on any atom is -0.343 e. The van der Waals surface area contributed by atoms with Gasteiger partial charge in [0.2, 0.25) is 0 Å². The van der Waals surface area contributed by atoms with E-state index in [1.807, 2.05) is 13.8 Å². The van der Waals surface area contributed by atoms with Crippen LogP contribution in [0, 0.1) is 17.4 Å². The summed E-state index contributed by atoms with van der Waals surface area (Å²) in [5.74, 6) is 0.293. The van der Waals surface area contributed by atoms with Gasteiger partial charge in [0.15, 0.2) is 0 Å². The van der Waals surface area contributed by atoms with Crippen LogP contribution in [-0.4, -0.2) is 9.97 Å². The Hall–Kier alpha value is -1.07. The van der Waals surface area contributed by atoms with Crippen LogP contribution >= 0.6 is 28.1 Å². The van der Waals surface area contributed by atoms with Gasteiger partial charge in [0.1, 0.15) is 16.3 Å². The number of halogens is 2. The van der Waals surface area contributed by atoms with E-state index in [2.05, 4.69) is 25.9 Å². The molecule has 0 bridgehead atoms. The van der Waals surface area contributed by atoms with Crippen molar-refractivity contribution in [2.45, 2.75) is 20.3 Å². The third-order valence-electron chi connectivity index (χ3n) is 2.79. The molecule has 0 spiro atoms. The van der Waals surface area contributed by atoms with E-state index in [0.29, 0.717) is 16.0 Å². The van der Waals surface area contributed by atoms with Gasteiger partial charge < -0.3 is 4.98 Å². The molecule has 0 saturated heterocycles. The molecule has 0 fully saturated rings. The van der Waals surface area contributed by atoms with E-state index in [-0.39, 0.29) is 5.82 Å². The molecular weight excluding hydrogens is 315 g/mol. The first-order valence-corrected chi connectivity index (χ1v) is 6.78. The lowest BCUT2D eigenvalue weighted by Crippen LogP contribution is -2.00. The largest absolute Gasteiger partial charge is 0.343 e. The van der Waals surface area contributed by atoms with Gasteiger partial charge >= 0.3 is 0 Å². The van der Waals surface area contributed by atoms with Gasteiger partial charge in [-0.05, 0) is 31.5 Å². The van der Waals surface area contributed by atoms with Gasteiger partial charge in [-0.1, -0.05) is 35.1 Å². The van der Waals surface area contributed by atoms with E-state index in [9.17, 15) is 4.39 Å². The second-order valence-electron chi connectivity index (χ2n) is 3.97. The van der Waals surface area contributed by atoms with Crippen LogP contribution < -0.4 is 0 Å². The summed E-state index contributed by atoms with van der Waals surface area (Å²) in [6, 6.07) is 4.50. The highest BCUT2D eigenvalue weighted by molar-refractivity contribution is 9.10. The van der Waals surface area contributed by atoms with Gasteiger partial charge in [0, 0.05) is 21.3 Å². The van der Waals surface area contributed by atoms with Gasteiger partial charge in [-0.3, -0.25) is 0 Å². The first kappa shape index (κ1) is 13.4. The zero-order valence-corrected chi connectivity index (χ0v) is 12.5. The van der Waals surface area contributed by atoms with Crippen LogP contribution in [0.1, 0.15) is 18.2 Å². The minimum atomic E-state index is -0.298. The SMILES string of the molecule is CCc1[nH]c(-c2cc(F)ccc2Br)nc(=S)c1C. The predicted octanol–water partition coefficient (Wildman–Crippen LogP) is 4.58. The average Bonchev–Trinajstić information content (AvgIpc) is 2.35. The summed E-state index contributed by atoms with van der Waals surface area (Å²) >= 11 is 8.63. The number of H-pyrrole nitrogens is 1. The van der Waals surface area contributed by atoms with Crippen molar-refractivity contribution in [3.63, 3.8) is 0 Å². The number of aromatic nitrogens is 2. The topological polar surface area (TPSA) is 28.7 Å². The molecule has 94 valence electrons. The molecule has 0 saturated carbocycles. The fraction of sp³-hybridized carbons (Fsp3) is 0.231. The van der Waals surface area contributed by atoms with Gasteiger partial charge in [-0.25, -0.2) is 9.37 Å². The van der Waals surface area contributed by atoms with Crippen LogP contribution in [0.2, 0.25) is 0 Å². The molecular formula is C13H12BrFN2S. The monoisotopic (exact) mass is 326 g/mol. The third kappa shape index (κ3) is 2.52. The molecule has 0 radical (unpaired) electrons. The number of hydrogen-bond acceptors (Lipinski definition) is 2. The smallest absolute Gasteiger partial charge is 0.140 e. The zero-order valence-electron chi connectivity index (χ0n) is 10.1. The van der Waals surface area contributed by atoms with Gasteiger partial charge in [-0.15, -0.1) is 0 Å². The molecule has 2 rings (SSSR count). The predicted molar refractivity (Wildman–Crippen MR) is 76.6 cm³/mol. The van der Waals surface area contributed by atoms with E-state index in [0.717, 1.165) is 22.2 Å². The summed E-state index contributed by atoms with van der Waals surface area (Å²) in [7, 11) is 0. The highest BCUT2D eigenvalue weighted by atomic mass is 79.9. The van der Waals surface area contributed by atoms with Crippen molar-refractivity contribution < 1.29 is 4.39 Å². The van der Waals surface area contributed by atoms with Gasteiger partial charge in [0.25, 0.3) is 0 Å². The second kappa shape index (κ2) is 5.28. The van der Waals surface area contributed by atoms with Crippen LogP contribution in [0.15, 0.2) is 22.7 Å².